The van der Waals surface area contributed by atoms with E-state index >= 15 is 0 Å². The van der Waals surface area contributed by atoms with Crippen molar-refractivity contribution in [1.29, 1.82) is 0 Å². The highest BCUT2D eigenvalue weighted by molar-refractivity contribution is 4.87. The molecule has 0 aliphatic carbocycles. The van der Waals surface area contributed by atoms with Crippen molar-refractivity contribution in [2.75, 3.05) is 53.4 Å². The number of piperidine rings is 1. The maximum atomic E-state index is 2.72. The molecule has 0 aromatic rings. The topological polar surface area (TPSA) is 9.72 Å². The fourth-order valence-electron chi connectivity index (χ4n) is 4.34. The van der Waals surface area contributed by atoms with Crippen molar-refractivity contribution in [3.05, 3.63) is 0 Å². The van der Waals surface area contributed by atoms with Gasteiger partial charge in [-0.1, -0.05) is 6.92 Å². The van der Waals surface area contributed by atoms with Gasteiger partial charge in [-0.25, -0.2) is 0 Å². The second-order valence-electron chi connectivity index (χ2n) is 8.39. The molecule has 1 unspecified atom stereocenters. The molecule has 124 valence electrons. The van der Waals surface area contributed by atoms with Crippen LogP contribution >= 0.6 is 0 Å². The lowest BCUT2D eigenvalue weighted by Crippen LogP contribution is -2.54. The van der Waals surface area contributed by atoms with Gasteiger partial charge in [-0.05, 0) is 78.6 Å². The number of likely N-dealkylation sites (N-methyl/N-ethyl adjacent to an activating group) is 1. The third kappa shape index (κ3) is 5.22. The van der Waals surface area contributed by atoms with Crippen molar-refractivity contribution in [1.82, 2.24) is 14.7 Å². The first kappa shape index (κ1) is 17.2. The van der Waals surface area contributed by atoms with Gasteiger partial charge in [0, 0.05) is 31.7 Å². The molecule has 1 atom stereocenters. The SMILES string of the molecule is CC(CC1CCN(C)CC1)CC(C)(C)N1CCN(C)CC1. The monoisotopic (exact) mass is 295 g/mol. The molecule has 0 aromatic heterocycles. The molecular formula is C18H37N3. The molecule has 0 spiro atoms. The van der Waals surface area contributed by atoms with Crippen molar-refractivity contribution in [2.24, 2.45) is 11.8 Å². The number of nitrogens with zero attached hydrogens (tertiary/aromatic N) is 3. The van der Waals surface area contributed by atoms with E-state index in [1.165, 1.54) is 65.0 Å². The largest absolute Gasteiger partial charge is 0.306 e. The molecule has 3 heteroatoms. The van der Waals surface area contributed by atoms with Crippen LogP contribution in [0.5, 0.6) is 0 Å². The lowest BCUT2D eigenvalue weighted by Gasteiger charge is -2.45. The van der Waals surface area contributed by atoms with Gasteiger partial charge in [-0.2, -0.15) is 0 Å². The summed E-state index contributed by atoms with van der Waals surface area (Å²) in [5.41, 5.74) is 0.367. The molecule has 2 heterocycles. The van der Waals surface area contributed by atoms with Crippen LogP contribution in [0.4, 0.5) is 0 Å². The highest BCUT2D eigenvalue weighted by Crippen LogP contribution is 2.31. The molecular weight excluding hydrogens is 258 g/mol. The number of likely N-dealkylation sites (tertiary alicyclic amines) is 1. The first-order valence-electron chi connectivity index (χ1n) is 8.99. The standard InChI is InChI=1S/C18H37N3/c1-16(14-17-6-8-19(4)9-7-17)15-18(2,3)21-12-10-20(5)11-13-21/h16-17H,6-15H2,1-5H3. The zero-order chi connectivity index (χ0) is 15.5. The quantitative estimate of drug-likeness (QED) is 0.772. The summed E-state index contributed by atoms with van der Waals surface area (Å²) in [6, 6.07) is 0. The Balaban J connectivity index is 1.76. The number of hydrogen-bond donors (Lipinski definition) is 0. The van der Waals surface area contributed by atoms with Crippen LogP contribution in [-0.2, 0) is 0 Å². The molecule has 2 saturated heterocycles. The smallest absolute Gasteiger partial charge is 0.0156 e. The molecule has 0 aromatic carbocycles. The van der Waals surface area contributed by atoms with Crippen LogP contribution in [0.15, 0.2) is 0 Å². The van der Waals surface area contributed by atoms with Gasteiger partial charge in [0.25, 0.3) is 0 Å². The van der Waals surface area contributed by atoms with Gasteiger partial charge in [-0.15, -0.1) is 0 Å². The Bertz CT molecular complexity index is 300. The van der Waals surface area contributed by atoms with E-state index in [0.717, 1.165) is 11.8 Å². The second kappa shape index (κ2) is 7.43. The molecule has 0 radical (unpaired) electrons. The normalized spacial score (nSPS) is 26.1. The van der Waals surface area contributed by atoms with Gasteiger partial charge in [0.2, 0.25) is 0 Å². The Morgan fingerprint density at radius 3 is 2.00 bits per heavy atom. The van der Waals surface area contributed by atoms with E-state index in [-0.39, 0.29) is 0 Å². The molecule has 21 heavy (non-hydrogen) atoms. The predicted molar refractivity (Wildman–Crippen MR) is 91.8 cm³/mol. The molecule has 0 amide bonds. The molecule has 2 fully saturated rings. The summed E-state index contributed by atoms with van der Waals surface area (Å²) in [7, 11) is 4.50. The first-order chi connectivity index (χ1) is 9.87. The lowest BCUT2D eigenvalue weighted by molar-refractivity contribution is 0.0436. The third-order valence-electron chi connectivity index (χ3n) is 5.78. The molecule has 2 aliphatic rings. The summed E-state index contributed by atoms with van der Waals surface area (Å²) >= 11 is 0. The van der Waals surface area contributed by atoms with E-state index in [4.69, 9.17) is 0 Å². The van der Waals surface area contributed by atoms with E-state index in [2.05, 4.69) is 49.6 Å². The zero-order valence-electron chi connectivity index (χ0n) is 15.1. The maximum absolute atomic E-state index is 2.72. The predicted octanol–water partition coefficient (Wildman–Crippen LogP) is 2.77. The van der Waals surface area contributed by atoms with E-state index in [0.29, 0.717) is 5.54 Å². The lowest BCUT2D eigenvalue weighted by atomic mass is 9.81. The van der Waals surface area contributed by atoms with Crippen molar-refractivity contribution in [3.63, 3.8) is 0 Å². The molecule has 2 aliphatic heterocycles. The fraction of sp³-hybridized carbons (Fsp3) is 1.00. The number of piperazine rings is 1. The Morgan fingerprint density at radius 1 is 0.905 bits per heavy atom. The third-order valence-corrected chi connectivity index (χ3v) is 5.78. The van der Waals surface area contributed by atoms with Crippen LogP contribution in [0.3, 0.4) is 0 Å². The van der Waals surface area contributed by atoms with Crippen LogP contribution in [0, 0.1) is 11.8 Å². The minimum Gasteiger partial charge on any atom is -0.306 e. The highest BCUT2D eigenvalue weighted by Gasteiger charge is 2.31. The summed E-state index contributed by atoms with van der Waals surface area (Å²) in [6.07, 6.45) is 5.61. The molecule has 0 bridgehead atoms. The van der Waals surface area contributed by atoms with Crippen molar-refractivity contribution in [2.45, 2.75) is 52.0 Å². The summed E-state index contributed by atoms with van der Waals surface area (Å²) in [6.45, 7) is 15.0. The van der Waals surface area contributed by atoms with Crippen molar-refractivity contribution >= 4 is 0 Å². The van der Waals surface area contributed by atoms with E-state index in [1.807, 2.05) is 0 Å². The summed E-state index contributed by atoms with van der Waals surface area (Å²) < 4.78 is 0. The van der Waals surface area contributed by atoms with Gasteiger partial charge < -0.3 is 9.80 Å². The van der Waals surface area contributed by atoms with Gasteiger partial charge in [0.1, 0.15) is 0 Å². The van der Waals surface area contributed by atoms with Gasteiger partial charge in [0.05, 0.1) is 0 Å². The average Bonchev–Trinajstić information content (AvgIpc) is 2.41. The Kier molecular flexibility index (Phi) is 6.10. The van der Waals surface area contributed by atoms with Crippen molar-refractivity contribution in [3.8, 4) is 0 Å². The minimum absolute atomic E-state index is 0.367. The first-order valence-corrected chi connectivity index (χ1v) is 8.99. The fourth-order valence-corrected chi connectivity index (χ4v) is 4.34. The van der Waals surface area contributed by atoms with E-state index in [9.17, 15) is 0 Å². The van der Waals surface area contributed by atoms with Crippen LogP contribution in [0.25, 0.3) is 0 Å². The minimum atomic E-state index is 0.367. The maximum Gasteiger partial charge on any atom is 0.0156 e. The summed E-state index contributed by atoms with van der Waals surface area (Å²) in [5.74, 6) is 1.83. The Labute approximate surface area is 132 Å². The van der Waals surface area contributed by atoms with Gasteiger partial charge in [0.15, 0.2) is 0 Å². The molecule has 0 N–H and O–H groups in total. The van der Waals surface area contributed by atoms with Crippen LogP contribution < -0.4 is 0 Å². The Morgan fingerprint density at radius 2 is 1.43 bits per heavy atom. The van der Waals surface area contributed by atoms with Gasteiger partial charge in [-0.3, -0.25) is 4.90 Å². The van der Waals surface area contributed by atoms with Crippen LogP contribution in [0.2, 0.25) is 0 Å². The summed E-state index contributed by atoms with van der Waals surface area (Å²) in [4.78, 5) is 7.65. The molecule has 2 rings (SSSR count). The average molecular weight is 296 g/mol. The van der Waals surface area contributed by atoms with Crippen molar-refractivity contribution < 1.29 is 0 Å². The Hall–Kier alpha value is -0.120. The number of rotatable bonds is 5. The number of hydrogen-bond acceptors (Lipinski definition) is 3. The second-order valence-corrected chi connectivity index (χ2v) is 8.39. The van der Waals surface area contributed by atoms with Gasteiger partial charge >= 0.3 is 0 Å². The summed E-state index contributed by atoms with van der Waals surface area (Å²) in [5, 5.41) is 0. The molecule has 3 nitrogen and oxygen atoms in total. The zero-order valence-corrected chi connectivity index (χ0v) is 15.1. The van der Waals surface area contributed by atoms with E-state index in [1.54, 1.807) is 0 Å². The van der Waals surface area contributed by atoms with E-state index < -0.39 is 0 Å². The molecule has 0 saturated carbocycles. The van der Waals surface area contributed by atoms with Crippen LogP contribution in [-0.4, -0.2) is 73.6 Å². The highest BCUT2D eigenvalue weighted by atomic mass is 15.3. The van der Waals surface area contributed by atoms with Crippen LogP contribution in [0.1, 0.15) is 46.5 Å².